The number of nitrogens with two attached hydrogens (primary N) is 1. The number of nitrogens with zero attached hydrogens (tertiary/aromatic N) is 1. The second-order valence-corrected chi connectivity index (χ2v) is 7.14. The fraction of sp³-hybridized carbons (Fsp3) is 0.400. The van der Waals surface area contributed by atoms with E-state index < -0.39 is 29.3 Å². The molecule has 2 fully saturated rings. The van der Waals surface area contributed by atoms with Gasteiger partial charge in [-0.05, 0) is 17.7 Å². The van der Waals surface area contributed by atoms with Gasteiger partial charge in [0.1, 0.15) is 5.75 Å². The first-order valence-electron chi connectivity index (χ1n) is 7.24. The summed E-state index contributed by atoms with van der Waals surface area (Å²) in [6, 6.07) is 7.17. The summed E-state index contributed by atoms with van der Waals surface area (Å²) in [6.45, 7) is 0.0917. The van der Waals surface area contributed by atoms with Crippen molar-refractivity contribution in [1.29, 1.82) is 0 Å². The number of primary amides is 1. The maximum Gasteiger partial charge on any atom is 0.415 e. The lowest BCUT2D eigenvalue weighted by Crippen LogP contribution is -2.32. The number of ether oxygens (including phenoxy) is 1. The van der Waals surface area contributed by atoms with Gasteiger partial charge >= 0.3 is 11.2 Å². The molecule has 0 bridgehead atoms. The SMILES string of the molecule is NC(=O)[C@H]1CN(c2ccc([C@@H]3CC[S@@+]([O-])C(=O)C3)cc2)C(=O)O1. The molecule has 0 aromatic heterocycles. The maximum atomic E-state index is 11.8. The number of hydrogen-bond donors (Lipinski definition) is 1. The third kappa shape index (κ3) is 3.18. The van der Waals surface area contributed by atoms with Gasteiger partial charge in [-0.2, -0.15) is 0 Å². The minimum atomic E-state index is -1.35. The highest BCUT2D eigenvalue weighted by Gasteiger charge is 2.36. The third-order valence-corrected chi connectivity index (χ3v) is 5.41. The molecule has 3 rings (SSSR count). The Hall–Kier alpha value is -2.06. The van der Waals surface area contributed by atoms with E-state index in [1.54, 1.807) is 12.1 Å². The molecular formula is C15H16N2O5S. The zero-order valence-corrected chi connectivity index (χ0v) is 13.1. The molecule has 0 radical (unpaired) electrons. The molecule has 2 saturated heterocycles. The minimum Gasteiger partial charge on any atom is -0.609 e. The predicted octanol–water partition coefficient (Wildman–Crippen LogP) is 0.650. The standard InChI is InChI=1S/C15H16N2O5S/c16-14(19)12-8-17(15(20)22-12)11-3-1-9(2-4-11)10-5-6-23(21)13(18)7-10/h1-4,10,12H,5-8H2,(H2,16,19)/t10-,12-,23-/m1/s1. The molecule has 1 aromatic carbocycles. The Bertz CT molecular complexity index is 648. The summed E-state index contributed by atoms with van der Waals surface area (Å²) < 4.78 is 16.3. The first kappa shape index (κ1) is 15.8. The van der Waals surface area contributed by atoms with E-state index in [-0.39, 0.29) is 24.0 Å². The lowest BCUT2D eigenvalue weighted by molar-refractivity contribution is -0.124. The third-order valence-electron chi connectivity index (χ3n) is 4.12. The fourth-order valence-electron chi connectivity index (χ4n) is 2.79. The van der Waals surface area contributed by atoms with Crippen LogP contribution in [0.15, 0.2) is 24.3 Å². The van der Waals surface area contributed by atoms with Gasteiger partial charge in [0, 0.05) is 29.2 Å². The van der Waals surface area contributed by atoms with Gasteiger partial charge < -0.3 is 15.0 Å². The molecular weight excluding hydrogens is 320 g/mol. The molecule has 0 aliphatic carbocycles. The van der Waals surface area contributed by atoms with E-state index in [4.69, 9.17) is 10.5 Å². The van der Waals surface area contributed by atoms with E-state index in [2.05, 4.69) is 0 Å². The van der Waals surface area contributed by atoms with Crippen LogP contribution in [0.5, 0.6) is 0 Å². The molecule has 8 heteroatoms. The smallest absolute Gasteiger partial charge is 0.415 e. The van der Waals surface area contributed by atoms with Crippen LogP contribution < -0.4 is 10.6 Å². The summed E-state index contributed by atoms with van der Waals surface area (Å²) in [7, 11) is 0. The van der Waals surface area contributed by atoms with E-state index in [9.17, 15) is 18.9 Å². The molecule has 2 aliphatic rings. The van der Waals surface area contributed by atoms with Gasteiger partial charge in [-0.15, -0.1) is 0 Å². The van der Waals surface area contributed by atoms with Crippen molar-refractivity contribution in [2.45, 2.75) is 24.9 Å². The number of hydrogen-bond acceptors (Lipinski definition) is 5. The second-order valence-electron chi connectivity index (χ2n) is 5.59. The van der Waals surface area contributed by atoms with Crippen LogP contribution >= 0.6 is 0 Å². The number of rotatable bonds is 3. The van der Waals surface area contributed by atoms with E-state index in [0.29, 0.717) is 17.9 Å². The van der Waals surface area contributed by atoms with Crippen molar-refractivity contribution in [1.82, 2.24) is 0 Å². The van der Waals surface area contributed by atoms with Gasteiger partial charge in [0.2, 0.25) is 0 Å². The average molecular weight is 336 g/mol. The molecule has 0 saturated carbocycles. The van der Waals surface area contributed by atoms with Crippen molar-refractivity contribution in [2.24, 2.45) is 5.73 Å². The van der Waals surface area contributed by atoms with Crippen LogP contribution in [0, 0.1) is 0 Å². The topological polar surface area (TPSA) is 113 Å². The van der Waals surface area contributed by atoms with Crippen molar-refractivity contribution in [3.05, 3.63) is 29.8 Å². The normalized spacial score (nSPS) is 27.9. The van der Waals surface area contributed by atoms with Gasteiger partial charge in [0.25, 0.3) is 5.91 Å². The highest BCUT2D eigenvalue weighted by molar-refractivity contribution is 8.06. The van der Waals surface area contributed by atoms with Gasteiger partial charge in [0.05, 0.1) is 13.0 Å². The zero-order chi connectivity index (χ0) is 16.6. The first-order valence-corrected chi connectivity index (χ1v) is 8.56. The molecule has 2 amide bonds. The monoisotopic (exact) mass is 336 g/mol. The molecule has 3 atom stereocenters. The Morgan fingerprint density at radius 2 is 2.00 bits per heavy atom. The zero-order valence-electron chi connectivity index (χ0n) is 12.3. The minimum absolute atomic E-state index is 0.0538. The summed E-state index contributed by atoms with van der Waals surface area (Å²) >= 11 is -1.35. The Morgan fingerprint density at radius 1 is 1.30 bits per heavy atom. The molecule has 1 aromatic rings. The van der Waals surface area contributed by atoms with Crippen molar-refractivity contribution >= 4 is 34.0 Å². The summed E-state index contributed by atoms with van der Waals surface area (Å²) in [5.74, 6) is -0.228. The number of carbonyl (C=O) groups is 3. The molecule has 0 unspecified atom stereocenters. The number of cyclic esters (lactones) is 1. The van der Waals surface area contributed by atoms with Crippen molar-refractivity contribution < 1.29 is 23.7 Å². The van der Waals surface area contributed by atoms with Crippen LogP contribution in [0.25, 0.3) is 0 Å². The van der Waals surface area contributed by atoms with Gasteiger partial charge in [-0.25, -0.2) is 9.59 Å². The van der Waals surface area contributed by atoms with Gasteiger partial charge in [-0.1, -0.05) is 12.1 Å². The van der Waals surface area contributed by atoms with Crippen LogP contribution in [0.1, 0.15) is 24.3 Å². The number of carbonyl (C=O) groups excluding carboxylic acids is 3. The van der Waals surface area contributed by atoms with Gasteiger partial charge in [0.15, 0.2) is 6.10 Å². The Kier molecular flexibility index (Phi) is 4.27. The molecule has 2 N–H and O–H groups in total. The summed E-state index contributed by atoms with van der Waals surface area (Å²) in [5, 5.41) is -0.210. The fourth-order valence-corrected chi connectivity index (χ4v) is 3.91. The summed E-state index contributed by atoms with van der Waals surface area (Å²) in [6.07, 6.45) is -0.563. The molecule has 122 valence electrons. The predicted molar refractivity (Wildman–Crippen MR) is 83.2 cm³/mol. The highest BCUT2D eigenvalue weighted by atomic mass is 32.2. The van der Waals surface area contributed by atoms with Crippen LogP contribution in [-0.2, 0) is 25.5 Å². The van der Waals surface area contributed by atoms with Crippen LogP contribution in [0.3, 0.4) is 0 Å². The highest BCUT2D eigenvalue weighted by Crippen LogP contribution is 2.31. The molecule has 2 aliphatic heterocycles. The van der Waals surface area contributed by atoms with Crippen LogP contribution in [-0.4, -0.2) is 40.1 Å². The van der Waals surface area contributed by atoms with Crippen molar-refractivity contribution in [3.8, 4) is 0 Å². The molecule has 0 spiro atoms. The van der Waals surface area contributed by atoms with Gasteiger partial charge in [-0.3, -0.25) is 9.69 Å². The van der Waals surface area contributed by atoms with E-state index >= 15 is 0 Å². The average Bonchev–Trinajstić information content (AvgIpc) is 2.92. The molecule has 7 nitrogen and oxygen atoms in total. The molecule has 2 heterocycles. The second kappa shape index (κ2) is 6.21. The lowest BCUT2D eigenvalue weighted by Gasteiger charge is -2.23. The first-order chi connectivity index (χ1) is 11.0. The summed E-state index contributed by atoms with van der Waals surface area (Å²) in [5.41, 5.74) is 6.72. The van der Waals surface area contributed by atoms with Crippen LogP contribution in [0.4, 0.5) is 10.5 Å². The Labute approximate surface area is 135 Å². The lowest BCUT2D eigenvalue weighted by atomic mass is 9.93. The largest absolute Gasteiger partial charge is 0.609 e. The Morgan fingerprint density at radius 3 is 2.57 bits per heavy atom. The van der Waals surface area contributed by atoms with E-state index in [1.807, 2.05) is 12.1 Å². The van der Waals surface area contributed by atoms with Crippen molar-refractivity contribution in [3.63, 3.8) is 0 Å². The quantitative estimate of drug-likeness (QED) is 0.814. The van der Waals surface area contributed by atoms with Crippen molar-refractivity contribution in [2.75, 3.05) is 17.2 Å². The molecule has 23 heavy (non-hydrogen) atoms. The van der Waals surface area contributed by atoms with E-state index in [0.717, 1.165) is 5.56 Å². The van der Waals surface area contributed by atoms with Crippen LogP contribution in [0.2, 0.25) is 0 Å². The number of amides is 2. The summed E-state index contributed by atoms with van der Waals surface area (Å²) in [4.78, 5) is 35.8. The number of anilines is 1. The number of benzene rings is 1. The Balaban J connectivity index is 1.71. The maximum absolute atomic E-state index is 11.8. The van der Waals surface area contributed by atoms with E-state index in [1.165, 1.54) is 4.90 Å².